The minimum Gasteiger partial charge on any atom is -0.480 e. The molecule has 6 heteroatoms. The molecule has 0 unspecified atom stereocenters. The van der Waals surface area contributed by atoms with Gasteiger partial charge in [-0.2, -0.15) is 0 Å². The maximum Gasteiger partial charge on any atom is 0.323 e. The number of nitrogens with zero attached hydrogens (tertiary/aromatic N) is 1. The van der Waals surface area contributed by atoms with Gasteiger partial charge in [0.05, 0.1) is 5.02 Å². The van der Waals surface area contributed by atoms with Gasteiger partial charge in [-0.25, -0.2) is 4.39 Å². The quantitative estimate of drug-likeness (QED) is 0.903. The second-order valence-electron chi connectivity index (χ2n) is 3.33. The second-order valence-corrected chi connectivity index (χ2v) is 3.73. The van der Waals surface area contributed by atoms with Gasteiger partial charge in [-0.05, 0) is 18.2 Å². The highest BCUT2D eigenvalue weighted by Crippen LogP contribution is 2.23. The Balaban J connectivity index is 3.07. The molecule has 1 rings (SSSR count). The van der Waals surface area contributed by atoms with Gasteiger partial charge < -0.3 is 10.0 Å². The number of amides is 1. The van der Waals surface area contributed by atoms with E-state index < -0.39 is 18.3 Å². The van der Waals surface area contributed by atoms with Crippen molar-refractivity contribution >= 4 is 29.2 Å². The summed E-state index contributed by atoms with van der Waals surface area (Å²) in [5.41, 5.74) is 0.269. The number of rotatable bonds is 4. The Bertz CT molecular complexity index is 450. The molecule has 0 aliphatic heterocycles. The summed E-state index contributed by atoms with van der Waals surface area (Å²) in [6.07, 6.45) is 0.155. The maximum atomic E-state index is 13.0. The number of anilines is 1. The molecule has 0 atom stereocenters. The first-order valence-corrected chi connectivity index (χ1v) is 5.30. The number of aliphatic carboxylic acids is 1. The first kappa shape index (κ1) is 13.4. The molecule has 0 saturated carbocycles. The minimum absolute atomic E-state index is 0.151. The van der Waals surface area contributed by atoms with Gasteiger partial charge >= 0.3 is 5.97 Å². The zero-order valence-corrected chi connectivity index (χ0v) is 9.87. The Morgan fingerprint density at radius 1 is 1.47 bits per heavy atom. The van der Waals surface area contributed by atoms with E-state index in [2.05, 4.69) is 0 Å². The zero-order valence-electron chi connectivity index (χ0n) is 9.11. The van der Waals surface area contributed by atoms with Crippen LogP contribution in [0, 0.1) is 5.82 Å². The molecule has 1 aromatic carbocycles. The molecule has 1 amide bonds. The van der Waals surface area contributed by atoms with Gasteiger partial charge in [0, 0.05) is 12.1 Å². The van der Waals surface area contributed by atoms with E-state index in [1.165, 1.54) is 12.1 Å². The van der Waals surface area contributed by atoms with E-state index in [-0.39, 0.29) is 23.0 Å². The van der Waals surface area contributed by atoms with E-state index in [9.17, 15) is 14.0 Å². The number of halogens is 2. The fourth-order valence-electron chi connectivity index (χ4n) is 1.30. The topological polar surface area (TPSA) is 57.6 Å². The summed E-state index contributed by atoms with van der Waals surface area (Å²) in [6, 6.07) is 3.64. The predicted molar refractivity (Wildman–Crippen MR) is 61.7 cm³/mol. The molecule has 0 aromatic heterocycles. The van der Waals surface area contributed by atoms with Crippen LogP contribution in [-0.2, 0) is 9.59 Å². The molecule has 0 saturated heterocycles. The highest BCUT2D eigenvalue weighted by molar-refractivity contribution is 6.31. The number of carboxylic acid groups (broad SMARTS) is 1. The normalized spacial score (nSPS) is 10.1. The van der Waals surface area contributed by atoms with Gasteiger partial charge in [0.15, 0.2) is 0 Å². The smallest absolute Gasteiger partial charge is 0.323 e. The fourth-order valence-corrected chi connectivity index (χ4v) is 1.48. The van der Waals surface area contributed by atoms with Crippen LogP contribution in [0.1, 0.15) is 13.3 Å². The van der Waals surface area contributed by atoms with Gasteiger partial charge in [-0.1, -0.05) is 18.5 Å². The predicted octanol–water partition coefficient (Wildman–Crippen LogP) is 2.31. The Morgan fingerprint density at radius 2 is 2.12 bits per heavy atom. The minimum atomic E-state index is -1.15. The van der Waals surface area contributed by atoms with Crippen molar-refractivity contribution in [2.45, 2.75) is 13.3 Å². The van der Waals surface area contributed by atoms with Crippen molar-refractivity contribution in [1.29, 1.82) is 0 Å². The Morgan fingerprint density at radius 3 is 2.59 bits per heavy atom. The molecule has 1 N–H and O–H groups in total. The van der Waals surface area contributed by atoms with Crippen molar-refractivity contribution in [2.24, 2.45) is 0 Å². The summed E-state index contributed by atoms with van der Waals surface area (Å²) in [4.78, 5) is 23.3. The van der Waals surface area contributed by atoms with E-state index >= 15 is 0 Å². The first-order valence-electron chi connectivity index (χ1n) is 4.93. The number of carbonyl (C=O) groups excluding carboxylic acids is 1. The summed E-state index contributed by atoms with van der Waals surface area (Å²) >= 11 is 5.58. The standard InChI is InChI=1S/C11H11ClFNO3/c1-2-10(15)14(6-11(16)17)7-3-4-9(13)8(12)5-7/h3-5H,2,6H2,1H3,(H,16,17). The van der Waals surface area contributed by atoms with E-state index in [1.54, 1.807) is 6.92 Å². The van der Waals surface area contributed by atoms with Crippen molar-refractivity contribution in [2.75, 3.05) is 11.4 Å². The third kappa shape index (κ3) is 3.42. The molecular formula is C11H11ClFNO3. The Hall–Kier alpha value is -1.62. The van der Waals surface area contributed by atoms with Crippen molar-refractivity contribution in [3.63, 3.8) is 0 Å². The zero-order chi connectivity index (χ0) is 13.0. The van der Waals surface area contributed by atoms with Crippen molar-refractivity contribution in [1.82, 2.24) is 0 Å². The summed E-state index contributed by atoms with van der Waals surface area (Å²) in [7, 11) is 0. The van der Waals surface area contributed by atoms with Crippen LogP contribution in [0.25, 0.3) is 0 Å². The molecule has 0 bridgehead atoms. The number of hydrogen-bond donors (Lipinski definition) is 1. The lowest BCUT2D eigenvalue weighted by atomic mass is 10.2. The van der Waals surface area contributed by atoms with Gasteiger partial charge in [-0.3, -0.25) is 9.59 Å². The molecule has 0 aliphatic carbocycles. The van der Waals surface area contributed by atoms with Crippen LogP contribution in [0.5, 0.6) is 0 Å². The second kappa shape index (κ2) is 5.63. The van der Waals surface area contributed by atoms with Gasteiger partial charge in [0.25, 0.3) is 0 Å². The molecule has 1 aromatic rings. The number of benzene rings is 1. The first-order chi connectivity index (χ1) is 7.95. The number of hydrogen-bond acceptors (Lipinski definition) is 2. The van der Waals surface area contributed by atoms with Crippen LogP contribution < -0.4 is 4.90 Å². The van der Waals surface area contributed by atoms with Crippen LogP contribution in [0.4, 0.5) is 10.1 Å². The lowest BCUT2D eigenvalue weighted by Gasteiger charge is -2.20. The van der Waals surface area contributed by atoms with E-state index in [1.807, 2.05) is 0 Å². The lowest BCUT2D eigenvalue weighted by molar-refractivity contribution is -0.136. The SMILES string of the molecule is CCC(=O)N(CC(=O)O)c1ccc(F)c(Cl)c1. The van der Waals surface area contributed by atoms with E-state index in [0.29, 0.717) is 0 Å². The summed E-state index contributed by atoms with van der Waals surface area (Å²) in [5.74, 6) is -2.13. The molecule has 0 spiro atoms. The van der Waals surface area contributed by atoms with Crippen molar-refractivity contribution < 1.29 is 19.1 Å². The van der Waals surface area contributed by atoms with Crippen LogP contribution in [0.15, 0.2) is 18.2 Å². The Labute approximate surface area is 103 Å². The summed E-state index contributed by atoms with van der Waals surface area (Å²) in [6.45, 7) is 1.14. The van der Waals surface area contributed by atoms with Gasteiger partial charge in [0.2, 0.25) is 5.91 Å². The van der Waals surface area contributed by atoms with Gasteiger partial charge in [0.1, 0.15) is 12.4 Å². The maximum absolute atomic E-state index is 13.0. The average Bonchev–Trinajstić information content (AvgIpc) is 2.28. The Kier molecular flexibility index (Phi) is 4.45. The number of carboxylic acids is 1. The molecule has 0 aliphatic rings. The third-order valence-corrected chi connectivity index (χ3v) is 2.40. The van der Waals surface area contributed by atoms with Crippen molar-refractivity contribution in [3.8, 4) is 0 Å². The largest absolute Gasteiger partial charge is 0.480 e. The molecule has 0 radical (unpaired) electrons. The van der Waals surface area contributed by atoms with Crippen LogP contribution >= 0.6 is 11.6 Å². The fraction of sp³-hybridized carbons (Fsp3) is 0.273. The average molecular weight is 260 g/mol. The molecule has 0 fully saturated rings. The van der Waals surface area contributed by atoms with Crippen LogP contribution in [0.2, 0.25) is 5.02 Å². The van der Waals surface area contributed by atoms with Crippen LogP contribution in [0.3, 0.4) is 0 Å². The third-order valence-electron chi connectivity index (χ3n) is 2.11. The molecular weight excluding hydrogens is 249 g/mol. The molecule has 92 valence electrons. The molecule has 4 nitrogen and oxygen atoms in total. The lowest BCUT2D eigenvalue weighted by Crippen LogP contribution is -2.35. The number of carbonyl (C=O) groups is 2. The molecule has 0 heterocycles. The highest BCUT2D eigenvalue weighted by atomic mass is 35.5. The summed E-state index contributed by atoms with van der Waals surface area (Å²) < 4.78 is 13.0. The highest BCUT2D eigenvalue weighted by Gasteiger charge is 2.18. The molecule has 17 heavy (non-hydrogen) atoms. The van der Waals surface area contributed by atoms with Gasteiger partial charge in [-0.15, -0.1) is 0 Å². The van der Waals surface area contributed by atoms with Crippen LogP contribution in [-0.4, -0.2) is 23.5 Å². The monoisotopic (exact) mass is 259 g/mol. The van der Waals surface area contributed by atoms with Crippen molar-refractivity contribution in [3.05, 3.63) is 29.0 Å². The van der Waals surface area contributed by atoms with E-state index in [4.69, 9.17) is 16.7 Å². The van der Waals surface area contributed by atoms with E-state index in [0.717, 1.165) is 11.0 Å². The summed E-state index contributed by atoms with van der Waals surface area (Å²) in [5, 5.41) is 8.56.